The molecule has 0 aliphatic heterocycles. The van der Waals surface area contributed by atoms with Crippen LogP contribution < -0.4 is 10.1 Å². The molecule has 1 aliphatic rings. The van der Waals surface area contributed by atoms with Crippen molar-refractivity contribution >= 4 is 11.9 Å². The summed E-state index contributed by atoms with van der Waals surface area (Å²) < 4.78 is 10.7. The van der Waals surface area contributed by atoms with Crippen LogP contribution in [0.1, 0.15) is 59.4 Å². The first-order valence-electron chi connectivity index (χ1n) is 8.16. The van der Waals surface area contributed by atoms with Crippen LogP contribution in [0.5, 0.6) is 5.75 Å². The lowest BCUT2D eigenvalue weighted by atomic mass is 10.1. The van der Waals surface area contributed by atoms with Gasteiger partial charge >= 0.3 is 5.97 Å². The van der Waals surface area contributed by atoms with E-state index in [1.165, 1.54) is 0 Å². The van der Waals surface area contributed by atoms with E-state index in [1.807, 2.05) is 6.92 Å². The largest absolute Gasteiger partial charge is 0.482 e. The monoisotopic (exact) mass is 344 g/mol. The van der Waals surface area contributed by atoms with Crippen molar-refractivity contribution in [3.63, 3.8) is 0 Å². The van der Waals surface area contributed by atoms with Crippen molar-refractivity contribution < 1.29 is 23.8 Å². The lowest BCUT2D eigenvalue weighted by molar-refractivity contribution is -0.139. The van der Waals surface area contributed by atoms with Crippen LogP contribution in [0.2, 0.25) is 0 Å². The number of aromatic nitrogens is 1. The number of amides is 1. The van der Waals surface area contributed by atoms with Crippen molar-refractivity contribution in [1.29, 1.82) is 0 Å². The fraction of sp³-hybridized carbons (Fsp3) is 0.389. The highest BCUT2D eigenvalue weighted by Gasteiger charge is 2.31. The number of hydrogen-bond donors (Lipinski definition) is 2. The molecule has 1 heterocycles. The molecular formula is C18H20N2O5. The van der Waals surface area contributed by atoms with Gasteiger partial charge in [-0.2, -0.15) is 0 Å². The molecule has 1 atom stereocenters. The summed E-state index contributed by atoms with van der Waals surface area (Å²) in [5, 5.41) is 11.5. The smallest absolute Gasteiger partial charge is 0.341 e. The average molecular weight is 344 g/mol. The summed E-state index contributed by atoms with van der Waals surface area (Å²) in [5.41, 5.74) is 1.47. The van der Waals surface area contributed by atoms with Gasteiger partial charge in [0, 0.05) is 5.92 Å². The Labute approximate surface area is 145 Å². The predicted molar refractivity (Wildman–Crippen MR) is 88.7 cm³/mol. The van der Waals surface area contributed by atoms with Gasteiger partial charge in [-0.3, -0.25) is 4.79 Å². The molecule has 7 nitrogen and oxygen atoms in total. The zero-order valence-electron chi connectivity index (χ0n) is 14.1. The van der Waals surface area contributed by atoms with E-state index in [-0.39, 0.29) is 24.3 Å². The second-order valence-electron chi connectivity index (χ2n) is 6.19. The Balaban J connectivity index is 1.62. The first kappa shape index (κ1) is 17.0. The Kier molecular flexibility index (Phi) is 4.74. The topological polar surface area (TPSA) is 102 Å². The van der Waals surface area contributed by atoms with Gasteiger partial charge in [0.25, 0.3) is 5.91 Å². The van der Waals surface area contributed by atoms with E-state index in [2.05, 4.69) is 10.3 Å². The third-order valence-corrected chi connectivity index (χ3v) is 4.04. The van der Waals surface area contributed by atoms with Gasteiger partial charge in [0.1, 0.15) is 5.75 Å². The van der Waals surface area contributed by atoms with E-state index in [9.17, 15) is 9.59 Å². The summed E-state index contributed by atoms with van der Waals surface area (Å²) in [6.07, 6.45) is 2.13. The number of carboxylic acid groups (broad SMARTS) is 1. The number of nitrogens with one attached hydrogen (secondary N) is 1. The molecule has 2 aromatic rings. The molecule has 1 amide bonds. The van der Waals surface area contributed by atoms with Crippen LogP contribution >= 0.6 is 0 Å². The number of rotatable bonds is 7. The molecule has 1 unspecified atom stereocenters. The van der Waals surface area contributed by atoms with E-state index in [1.54, 1.807) is 31.2 Å². The molecule has 1 aliphatic carbocycles. The van der Waals surface area contributed by atoms with Crippen LogP contribution in [0.4, 0.5) is 0 Å². The maximum absolute atomic E-state index is 12.4. The van der Waals surface area contributed by atoms with Gasteiger partial charge in [0.05, 0.1) is 11.7 Å². The second-order valence-corrected chi connectivity index (χ2v) is 6.19. The first-order chi connectivity index (χ1) is 11.9. The van der Waals surface area contributed by atoms with Crippen molar-refractivity contribution in [3.8, 4) is 5.75 Å². The van der Waals surface area contributed by atoms with Gasteiger partial charge in [0.2, 0.25) is 5.76 Å². The fourth-order valence-electron chi connectivity index (χ4n) is 2.48. The van der Waals surface area contributed by atoms with Crippen molar-refractivity contribution in [2.45, 2.75) is 38.6 Å². The lowest BCUT2D eigenvalue weighted by Crippen LogP contribution is -2.26. The average Bonchev–Trinajstić information content (AvgIpc) is 3.35. The van der Waals surface area contributed by atoms with Crippen LogP contribution in [-0.2, 0) is 4.79 Å². The molecule has 1 aromatic heterocycles. The quantitative estimate of drug-likeness (QED) is 0.801. The van der Waals surface area contributed by atoms with Crippen LogP contribution in [0.25, 0.3) is 0 Å². The van der Waals surface area contributed by atoms with Gasteiger partial charge in [0.15, 0.2) is 12.5 Å². The van der Waals surface area contributed by atoms with Crippen LogP contribution in [0, 0.1) is 6.92 Å². The Bertz CT molecular complexity index is 777. The molecule has 0 radical (unpaired) electrons. The highest BCUT2D eigenvalue weighted by atomic mass is 16.5. The molecule has 25 heavy (non-hydrogen) atoms. The number of oxazole rings is 1. The summed E-state index contributed by atoms with van der Waals surface area (Å²) in [4.78, 5) is 27.2. The zero-order valence-corrected chi connectivity index (χ0v) is 14.1. The molecule has 0 spiro atoms. The molecule has 0 saturated heterocycles. The number of aryl methyl sites for hydroxylation is 1. The standard InChI is InChI=1S/C18H20N2O5/c1-10(12-5-7-14(8-6-12)24-9-15(21)22)19-17(23)16-11(2)20-18(25-16)13-3-4-13/h5-8,10,13H,3-4,9H2,1-2H3,(H,19,23)(H,21,22). The van der Waals surface area contributed by atoms with Gasteiger partial charge in [-0.05, 0) is 44.4 Å². The Morgan fingerprint density at radius 2 is 2.04 bits per heavy atom. The van der Waals surface area contributed by atoms with E-state index < -0.39 is 5.97 Å². The van der Waals surface area contributed by atoms with Gasteiger partial charge in [-0.1, -0.05) is 12.1 Å². The minimum Gasteiger partial charge on any atom is -0.482 e. The normalized spacial score (nSPS) is 14.8. The van der Waals surface area contributed by atoms with Gasteiger partial charge in [-0.15, -0.1) is 0 Å². The first-order valence-corrected chi connectivity index (χ1v) is 8.16. The van der Waals surface area contributed by atoms with E-state index in [0.717, 1.165) is 18.4 Å². The number of aliphatic carboxylic acids is 1. The van der Waals surface area contributed by atoms with Crippen LogP contribution in [-0.4, -0.2) is 28.6 Å². The van der Waals surface area contributed by atoms with Crippen LogP contribution in [0.3, 0.4) is 0 Å². The molecule has 3 rings (SSSR count). The number of ether oxygens (including phenoxy) is 1. The highest BCUT2D eigenvalue weighted by Crippen LogP contribution is 2.40. The number of hydrogen-bond acceptors (Lipinski definition) is 5. The maximum atomic E-state index is 12.4. The second kappa shape index (κ2) is 6.96. The van der Waals surface area contributed by atoms with Crippen LogP contribution in [0.15, 0.2) is 28.7 Å². The zero-order chi connectivity index (χ0) is 18.0. The van der Waals surface area contributed by atoms with Crippen molar-refractivity contribution in [3.05, 3.63) is 47.2 Å². The summed E-state index contributed by atoms with van der Waals surface area (Å²) in [6.45, 7) is 3.24. The lowest BCUT2D eigenvalue weighted by Gasteiger charge is -2.14. The maximum Gasteiger partial charge on any atom is 0.341 e. The molecule has 1 fully saturated rings. The fourth-order valence-corrected chi connectivity index (χ4v) is 2.48. The number of nitrogens with zero attached hydrogens (tertiary/aromatic N) is 1. The van der Waals surface area contributed by atoms with Gasteiger partial charge < -0.3 is 19.6 Å². The number of benzene rings is 1. The minimum absolute atomic E-state index is 0.241. The van der Waals surface area contributed by atoms with E-state index >= 15 is 0 Å². The molecule has 1 aromatic carbocycles. The number of carbonyl (C=O) groups is 2. The third-order valence-electron chi connectivity index (χ3n) is 4.04. The summed E-state index contributed by atoms with van der Waals surface area (Å²) >= 11 is 0. The van der Waals surface area contributed by atoms with E-state index in [0.29, 0.717) is 23.3 Å². The van der Waals surface area contributed by atoms with E-state index in [4.69, 9.17) is 14.3 Å². The van der Waals surface area contributed by atoms with Crippen molar-refractivity contribution in [2.75, 3.05) is 6.61 Å². The number of carboxylic acids is 1. The molecule has 7 heteroatoms. The highest BCUT2D eigenvalue weighted by molar-refractivity contribution is 5.92. The molecule has 0 bridgehead atoms. The molecular weight excluding hydrogens is 324 g/mol. The molecule has 2 N–H and O–H groups in total. The predicted octanol–water partition coefficient (Wildman–Crippen LogP) is 2.81. The van der Waals surface area contributed by atoms with Gasteiger partial charge in [-0.25, -0.2) is 9.78 Å². The van der Waals surface area contributed by atoms with Crippen molar-refractivity contribution in [1.82, 2.24) is 10.3 Å². The SMILES string of the molecule is Cc1nc(C2CC2)oc1C(=O)NC(C)c1ccc(OCC(=O)O)cc1. The Hall–Kier alpha value is -2.83. The minimum atomic E-state index is -1.03. The molecule has 1 saturated carbocycles. The third kappa shape index (κ3) is 4.17. The Morgan fingerprint density at radius 1 is 1.36 bits per heavy atom. The Morgan fingerprint density at radius 3 is 2.64 bits per heavy atom. The summed E-state index contributed by atoms with van der Waals surface area (Å²) in [6, 6.07) is 6.67. The van der Waals surface area contributed by atoms with Crippen molar-refractivity contribution in [2.24, 2.45) is 0 Å². The summed E-state index contributed by atoms with van der Waals surface area (Å²) in [7, 11) is 0. The summed E-state index contributed by atoms with van der Waals surface area (Å²) in [5.74, 6) is 0.402. The molecule has 132 valence electrons. The number of carbonyl (C=O) groups excluding carboxylic acids is 1.